The first-order chi connectivity index (χ1) is 13.9. The summed E-state index contributed by atoms with van der Waals surface area (Å²) in [5.41, 5.74) is 0.401. The maximum Gasteiger partial charge on any atom is 0.243 e. The van der Waals surface area contributed by atoms with Crippen molar-refractivity contribution in [2.75, 3.05) is 26.2 Å². The van der Waals surface area contributed by atoms with E-state index >= 15 is 0 Å². The molecule has 1 spiro atoms. The molecule has 0 atom stereocenters. The molecule has 29 heavy (non-hydrogen) atoms. The van der Waals surface area contributed by atoms with Crippen LogP contribution >= 0.6 is 0 Å². The SMILES string of the molecule is O=C1NCCN(Cc2ccccc2)C12CCN(S(=O)(=O)c1cccc(F)c1)CC2. The van der Waals surface area contributed by atoms with Gasteiger partial charge in [0.2, 0.25) is 15.9 Å². The van der Waals surface area contributed by atoms with E-state index in [1.54, 1.807) is 0 Å². The molecule has 0 bridgehead atoms. The molecule has 2 fully saturated rings. The number of rotatable bonds is 4. The minimum atomic E-state index is -3.79. The highest BCUT2D eigenvalue weighted by molar-refractivity contribution is 7.89. The number of piperidine rings is 1. The lowest BCUT2D eigenvalue weighted by molar-refractivity contribution is -0.141. The average Bonchev–Trinajstić information content (AvgIpc) is 2.73. The molecule has 0 aromatic heterocycles. The molecule has 2 saturated heterocycles. The molecule has 0 radical (unpaired) electrons. The first-order valence-corrected chi connectivity index (χ1v) is 11.2. The lowest BCUT2D eigenvalue weighted by Gasteiger charge is -2.49. The number of nitrogens with one attached hydrogen (secondary N) is 1. The second-order valence-electron chi connectivity index (χ2n) is 7.56. The van der Waals surface area contributed by atoms with Crippen molar-refractivity contribution in [3.8, 4) is 0 Å². The van der Waals surface area contributed by atoms with Crippen LogP contribution in [0.15, 0.2) is 59.5 Å². The number of sulfonamides is 1. The molecular formula is C21H24FN3O3S. The van der Waals surface area contributed by atoms with Gasteiger partial charge in [0.05, 0.1) is 4.90 Å². The van der Waals surface area contributed by atoms with Crippen molar-refractivity contribution in [1.82, 2.24) is 14.5 Å². The summed E-state index contributed by atoms with van der Waals surface area (Å²) < 4.78 is 40.7. The fraction of sp³-hybridized carbons (Fsp3) is 0.381. The van der Waals surface area contributed by atoms with Crippen molar-refractivity contribution in [2.24, 2.45) is 0 Å². The van der Waals surface area contributed by atoms with Gasteiger partial charge in [-0.25, -0.2) is 12.8 Å². The second kappa shape index (κ2) is 7.85. The fourth-order valence-corrected chi connectivity index (χ4v) is 5.75. The Morgan fingerprint density at radius 3 is 2.41 bits per heavy atom. The van der Waals surface area contributed by atoms with Crippen molar-refractivity contribution in [3.63, 3.8) is 0 Å². The summed E-state index contributed by atoms with van der Waals surface area (Å²) in [6.07, 6.45) is 0.806. The molecule has 4 rings (SSSR count). The summed E-state index contributed by atoms with van der Waals surface area (Å²) in [4.78, 5) is 15.0. The Morgan fingerprint density at radius 1 is 1.00 bits per heavy atom. The van der Waals surface area contributed by atoms with Gasteiger partial charge in [0.15, 0.2) is 0 Å². The lowest BCUT2D eigenvalue weighted by Crippen LogP contribution is -2.67. The molecule has 0 unspecified atom stereocenters. The van der Waals surface area contributed by atoms with Gasteiger partial charge in [0.1, 0.15) is 11.4 Å². The molecule has 2 aliphatic heterocycles. The Morgan fingerprint density at radius 2 is 1.72 bits per heavy atom. The van der Waals surface area contributed by atoms with Crippen molar-refractivity contribution < 1.29 is 17.6 Å². The van der Waals surface area contributed by atoms with Gasteiger partial charge in [-0.05, 0) is 36.6 Å². The number of halogens is 1. The number of hydrogen-bond acceptors (Lipinski definition) is 4. The zero-order valence-electron chi connectivity index (χ0n) is 16.1. The topological polar surface area (TPSA) is 69.7 Å². The Kier molecular flexibility index (Phi) is 5.42. The monoisotopic (exact) mass is 417 g/mol. The molecule has 2 aliphatic rings. The summed E-state index contributed by atoms with van der Waals surface area (Å²) in [6.45, 7) is 2.38. The van der Waals surface area contributed by atoms with Gasteiger partial charge in [-0.3, -0.25) is 9.69 Å². The van der Waals surface area contributed by atoms with Crippen LogP contribution in [-0.4, -0.2) is 55.2 Å². The van der Waals surface area contributed by atoms with E-state index in [1.807, 2.05) is 30.3 Å². The maximum atomic E-state index is 13.5. The maximum absolute atomic E-state index is 13.5. The van der Waals surface area contributed by atoms with E-state index in [1.165, 1.54) is 22.5 Å². The first-order valence-electron chi connectivity index (χ1n) is 9.75. The van der Waals surface area contributed by atoms with E-state index in [0.717, 1.165) is 18.2 Å². The molecule has 6 nitrogen and oxygen atoms in total. The number of carbonyl (C=O) groups is 1. The highest BCUT2D eigenvalue weighted by Gasteiger charge is 2.49. The predicted molar refractivity (Wildman–Crippen MR) is 107 cm³/mol. The van der Waals surface area contributed by atoms with Crippen LogP contribution in [0.25, 0.3) is 0 Å². The predicted octanol–water partition coefficient (Wildman–Crippen LogP) is 1.98. The Balaban J connectivity index is 1.54. The third-order valence-electron chi connectivity index (χ3n) is 5.89. The van der Waals surface area contributed by atoms with Gasteiger partial charge in [-0.1, -0.05) is 36.4 Å². The van der Waals surface area contributed by atoms with Gasteiger partial charge >= 0.3 is 0 Å². The van der Waals surface area contributed by atoms with Gasteiger partial charge in [0, 0.05) is 32.7 Å². The van der Waals surface area contributed by atoms with Crippen LogP contribution in [0, 0.1) is 5.82 Å². The van der Waals surface area contributed by atoms with Crippen molar-refractivity contribution in [3.05, 3.63) is 66.0 Å². The van der Waals surface area contributed by atoms with Crippen LogP contribution < -0.4 is 5.32 Å². The van der Waals surface area contributed by atoms with Gasteiger partial charge in [-0.15, -0.1) is 0 Å². The van der Waals surface area contributed by atoms with Crippen molar-refractivity contribution in [1.29, 1.82) is 0 Å². The van der Waals surface area contributed by atoms with Crippen LogP contribution in [0.2, 0.25) is 0 Å². The molecule has 1 N–H and O–H groups in total. The van der Waals surface area contributed by atoms with Gasteiger partial charge in [0.25, 0.3) is 0 Å². The molecule has 8 heteroatoms. The van der Waals surface area contributed by atoms with Crippen LogP contribution in [-0.2, 0) is 21.4 Å². The van der Waals surface area contributed by atoms with E-state index in [2.05, 4.69) is 10.2 Å². The number of benzene rings is 2. The van der Waals surface area contributed by atoms with E-state index in [-0.39, 0.29) is 23.9 Å². The van der Waals surface area contributed by atoms with E-state index in [4.69, 9.17) is 0 Å². The summed E-state index contributed by atoms with van der Waals surface area (Å²) in [7, 11) is -3.79. The summed E-state index contributed by atoms with van der Waals surface area (Å²) in [5, 5.41) is 2.95. The quantitative estimate of drug-likeness (QED) is 0.826. The summed E-state index contributed by atoms with van der Waals surface area (Å²) in [6, 6.07) is 15.0. The highest BCUT2D eigenvalue weighted by atomic mass is 32.2. The minimum absolute atomic E-state index is 0.0394. The minimum Gasteiger partial charge on any atom is -0.353 e. The zero-order valence-corrected chi connectivity index (χ0v) is 16.9. The average molecular weight is 418 g/mol. The van der Waals surface area contributed by atoms with E-state index in [0.29, 0.717) is 25.9 Å². The number of piperazine rings is 1. The number of carbonyl (C=O) groups excluding carboxylic acids is 1. The normalized spacial score (nSPS) is 20.5. The second-order valence-corrected chi connectivity index (χ2v) is 9.49. The smallest absolute Gasteiger partial charge is 0.243 e. The molecule has 2 aromatic carbocycles. The fourth-order valence-electron chi connectivity index (χ4n) is 4.28. The zero-order chi connectivity index (χ0) is 20.5. The molecule has 0 saturated carbocycles. The van der Waals surface area contributed by atoms with Crippen LogP contribution in [0.3, 0.4) is 0 Å². The first kappa shape index (κ1) is 20.0. The van der Waals surface area contributed by atoms with E-state index in [9.17, 15) is 17.6 Å². The Hall–Kier alpha value is -2.29. The molecule has 0 aliphatic carbocycles. The number of nitrogens with zero attached hydrogens (tertiary/aromatic N) is 2. The van der Waals surface area contributed by atoms with Crippen LogP contribution in [0.4, 0.5) is 4.39 Å². The summed E-state index contributed by atoms with van der Waals surface area (Å²) in [5.74, 6) is -0.622. The number of hydrogen-bond donors (Lipinski definition) is 1. The lowest BCUT2D eigenvalue weighted by atomic mass is 9.83. The van der Waals surface area contributed by atoms with Crippen molar-refractivity contribution in [2.45, 2.75) is 29.8 Å². The third kappa shape index (κ3) is 3.80. The van der Waals surface area contributed by atoms with Gasteiger partial charge in [-0.2, -0.15) is 4.31 Å². The largest absolute Gasteiger partial charge is 0.353 e. The molecule has 1 amide bonds. The summed E-state index contributed by atoms with van der Waals surface area (Å²) >= 11 is 0. The highest BCUT2D eigenvalue weighted by Crippen LogP contribution is 2.34. The standard InChI is InChI=1S/C21H24FN3O3S/c22-18-7-4-8-19(15-18)29(27,28)25-12-9-21(10-13-25)20(26)23-11-14-24(21)16-17-5-2-1-3-6-17/h1-8,15H,9-14,16H2,(H,23,26). The molecule has 2 heterocycles. The van der Waals surface area contributed by atoms with Crippen molar-refractivity contribution >= 4 is 15.9 Å². The van der Waals surface area contributed by atoms with Crippen LogP contribution in [0.1, 0.15) is 18.4 Å². The number of amides is 1. The third-order valence-corrected chi connectivity index (χ3v) is 7.79. The van der Waals surface area contributed by atoms with E-state index < -0.39 is 21.4 Å². The Bertz CT molecular complexity index is 989. The molecular weight excluding hydrogens is 393 g/mol. The molecule has 2 aromatic rings. The Labute approximate surface area is 170 Å². The van der Waals surface area contributed by atoms with Crippen LogP contribution in [0.5, 0.6) is 0 Å². The van der Waals surface area contributed by atoms with Gasteiger partial charge < -0.3 is 5.32 Å². The molecule has 154 valence electrons.